The lowest BCUT2D eigenvalue weighted by Gasteiger charge is -2.15. The van der Waals surface area contributed by atoms with E-state index in [9.17, 15) is 0 Å². The van der Waals surface area contributed by atoms with E-state index in [0.29, 0.717) is 6.54 Å². The van der Waals surface area contributed by atoms with Gasteiger partial charge in [0.05, 0.1) is 0 Å². The highest BCUT2D eigenvalue weighted by atomic mass is 16.8. The number of hydrogen-bond donors (Lipinski definition) is 0. The minimum atomic E-state index is -0.128. The van der Waals surface area contributed by atoms with Crippen molar-refractivity contribution in [2.24, 2.45) is 0 Å². The number of rotatable bonds is 9. The molecule has 3 nitrogen and oxygen atoms in total. The van der Waals surface area contributed by atoms with Gasteiger partial charge < -0.3 is 4.74 Å². The van der Waals surface area contributed by atoms with Crippen LogP contribution < -0.4 is 5.48 Å². The average molecular weight is 188 g/mol. The van der Waals surface area contributed by atoms with E-state index in [1.807, 2.05) is 6.92 Å². The fraction of sp³-hybridized carbons (Fsp3) is 1.00. The van der Waals surface area contributed by atoms with Gasteiger partial charge in [-0.05, 0) is 19.8 Å². The monoisotopic (exact) mass is 188 g/mol. The largest absolute Gasteiger partial charge is 0.351 e. The maximum atomic E-state index is 5.51. The van der Waals surface area contributed by atoms with Crippen molar-refractivity contribution in [1.82, 2.24) is 5.48 Å². The number of hydroxylamine groups is 1. The van der Waals surface area contributed by atoms with Crippen LogP contribution in [0.25, 0.3) is 0 Å². The van der Waals surface area contributed by atoms with Crippen LogP contribution >= 0.6 is 0 Å². The first-order valence-corrected chi connectivity index (χ1v) is 5.29. The molecule has 0 rings (SSSR count). The molecule has 0 N–H and O–H groups in total. The lowest BCUT2D eigenvalue weighted by molar-refractivity contribution is -0.186. The van der Waals surface area contributed by atoms with Crippen molar-refractivity contribution in [3.05, 3.63) is 0 Å². The van der Waals surface area contributed by atoms with Gasteiger partial charge in [0.15, 0.2) is 6.29 Å². The summed E-state index contributed by atoms with van der Waals surface area (Å²) in [7, 11) is 0. The first-order valence-electron chi connectivity index (χ1n) is 5.29. The van der Waals surface area contributed by atoms with Crippen LogP contribution in [0.2, 0.25) is 0 Å². The Morgan fingerprint density at radius 2 is 1.92 bits per heavy atom. The maximum absolute atomic E-state index is 5.51. The van der Waals surface area contributed by atoms with Crippen LogP contribution in [0.4, 0.5) is 0 Å². The lowest BCUT2D eigenvalue weighted by atomic mass is 10.3. The molecule has 1 unspecified atom stereocenters. The second-order valence-corrected chi connectivity index (χ2v) is 2.99. The predicted octanol–water partition coefficient (Wildman–Crippen LogP) is 2.49. The third-order valence-electron chi connectivity index (χ3n) is 1.65. The van der Waals surface area contributed by atoms with Gasteiger partial charge >= 0.3 is 0 Å². The first kappa shape index (κ1) is 12.9. The molecule has 0 spiro atoms. The van der Waals surface area contributed by atoms with Crippen LogP contribution in [-0.4, -0.2) is 19.4 Å². The fourth-order valence-electron chi connectivity index (χ4n) is 0.919. The molecule has 0 aliphatic carbocycles. The summed E-state index contributed by atoms with van der Waals surface area (Å²) in [4.78, 5) is 5.18. The van der Waals surface area contributed by atoms with Gasteiger partial charge in [-0.3, -0.25) is 4.84 Å². The molecular formula is C10H22NO2. The number of ether oxygens (including phenoxy) is 1. The molecule has 0 aromatic heterocycles. The molecule has 0 saturated carbocycles. The van der Waals surface area contributed by atoms with Crippen molar-refractivity contribution in [2.75, 3.05) is 13.2 Å². The summed E-state index contributed by atoms with van der Waals surface area (Å²) < 4.78 is 5.51. The minimum Gasteiger partial charge on any atom is -0.351 e. The molecule has 0 aliphatic rings. The molecule has 0 aromatic rings. The third kappa shape index (κ3) is 8.22. The van der Waals surface area contributed by atoms with Gasteiger partial charge in [-0.1, -0.05) is 32.2 Å². The Kier molecular flexibility index (Phi) is 9.87. The zero-order chi connectivity index (χ0) is 9.94. The topological polar surface area (TPSA) is 32.6 Å². The molecule has 1 radical (unpaired) electrons. The van der Waals surface area contributed by atoms with Crippen molar-refractivity contribution in [1.29, 1.82) is 0 Å². The second-order valence-electron chi connectivity index (χ2n) is 2.99. The Hall–Kier alpha value is -0.120. The lowest BCUT2D eigenvalue weighted by Crippen LogP contribution is -2.22. The molecular weight excluding hydrogens is 166 g/mol. The highest BCUT2D eigenvalue weighted by molar-refractivity contribution is 4.42. The number of hydrogen-bond acceptors (Lipinski definition) is 2. The molecule has 3 heteroatoms. The van der Waals surface area contributed by atoms with Crippen LogP contribution in [0.5, 0.6) is 0 Å². The van der Waals surface area contributed by atoms with Crippen molar-refractivity contribution in [3.8, 4) is 0 Å². The SMILES string of the molecule is CCCCOC(CCC)O[N]CC. The van der Waals surface area contributed by atoms with E-state index in [4.69, 9.17) is 9.57 Å². The molecule has 0 bridgehead atoms. The van der Waals surface area contributed by atoms with Crippen LogP contribution in [0.3, 0.4) is 0 Å². The summed E-state index contributed by atoms with van der Waals surface area (Å²) in [5, 5.41) is 0. The summed E-state index contributed by atoms with van der Waals surface area (Å²) >= 11 is 0. The average Bonchev–Trinajstić information content (AvgIpc) is 2.14. The van der Waals surface area contributed by atoms with E-state index in [1.54, 1.807) is 0 Å². The van der Waals surface area contributed by atoms with Gasteiger partial charge in [0.25, 0.3) is 0 Å². The van der Waals surface area contributed by atoms with Crippen molar-refractivity contribution in [3.63, 3.8) is 0 Å². The summed E-state index contributed by atoms with van der Waals surface area (Å²) in [5.41, 5.74) is 3.84. The molecule has 0 aliphatic heterocycles. The first-order chi connectivity index (χ1) is 6.35. The Labute approximate surface area is 81.8 Å². The predicted molar refractivity (Wildman–Crippen MR) is 53.3 cm³/mol. The normalized spacial score (nSPS) is 13.2. The van der Waals surface area contributed by atoms with Crippen LogP contribution in [-0.2, 0) is 9.57 Å². The van der Waals surface area contributed by atoms with Gasteiger partial charge in [-0.15, -0.1) is 0 Å². The van der Waals surface area contributed by atoms with Gasteiger partial charge in [-0.2, -0.15) is 0 Å². The number of nitrogens with zero attached hydrogens (tertiary/aromatic N) is 1. The van der Waals surface area contributed by atoms with E-state index < -0.39 is 0 Å². The zero-order valence-electron chi connectivity index (χ0n) is 9.08. The standard InChI is InChI=1S/C10H22NO2/c1-4-7-9-12-10(8-5-2)13-11-6-3/h10H,4-9H2,1-3H3. The quantitative estimate of drug-likeness (QED) is 0.316. The maximum Gasteiger partial charge on any atom is 0.179 e. The van der Waals surface area contributed by atoms with Crippen molar-refractivity contribution < 1.29 is 9.57 Å². The summed E-state index contributed by atoms with van der Waals surface area (Å²) in [5.74, 6) is 0. The second kappa shape index (κ2) is 9.96. The highest BCUT2D eigenvalue weighted by Crippen LogP contribution is 2.04. The Morgan fingerprint density at radius 1 is 1.15 bits per heavy atom. The van der Waals surface area contributed by atoms with Gasteiger partial charge in [-0.25, -0.2) is 0 Å². The van der Waals surface area contributed by atoms with E-state index in [1.165, 1.54) is 0 Å². The Morgan fingerprint density at radius 3 is 2.46 bits per heavy atom. The summed E-state index contributed by atoms with van der Waals surface area (Å²) in [6.45, 7) is 7.69. The Bertz CT molecular complexity index is 98.9. The zero-order valence-corrected chi connectivity index (χ0v) is 9.08. The molecule has 0 aromatic carbocycles. The van der Waals surface area contributed by atoms with Crippen molar-refractivity contribution in [2.45, 2.75) is 52.7 Å². The molecule has 1 atom stereocenters. The van der Waals surface area contributed by atoms with Gasteiger partial charge in [0, 0.05) is 13.2 Å². The number of unbranched alkanes of at least 4 members (excludes halogenated alkanes) is 1. The highest BCUT2D eigenvalue weighted by Gasteiger charge is 2.07. The van der Waals surface area contributed by atoms with E-state index in [-0.39, 0.29) is 6.29 Å². The minimum absolute atomic E-state index is 0.128. The van der Waals surface area contributed by atoms with Gasteiger partial charge in [0.2, 0.25) is 0 Å². The molecule has 0 amide bonds. The smallest absolute Gasteiger partial charge is 0.179 e. The van der Waals surface area contributed by atoms with Crippen LogP contribution in [0, 0.1) is 0 Å². The summed E-state index contributed by atoms with van der Waals surface area (Å²) in [6.07, 6.45) is 4.11. The molecule has 13 heavy (non-hydrogen) atoms. The third-order valence-corrected chi connectivity index (χ3v) is 1.65. The van der Waals surface area contributed by atoms with Crippen LogP contribution in [0.15, 0.2) is 0 Å². The fourth-order valence-corrected chi connectivity index (χ4v) is 0.919. The van der Waals surface area contributed by atoms with Crippen molar-refractivity contribution >= 4 is 0 Å². The van der Waals surface area contributed by atoms with E-state index in [2.05, 4.69) is 19.3 Å². The van der Waals surface area contributed by atoms with Crippen LogP contribution in [0.1, 0.15) is 46.5 Å². The van der Waals surface area contributed by atoms with E-state index >= 15 is 0 Å². The Balaban J connectivity index is 3.41. The van der Waals surface area contributed by atoms with E-state index in [0.717, 1.165) is 32.3 Å². The summed E-state index contributed by atoms with van der Waals surface area (Å²) in [6, 6.07) is 0. The molecule has 0 saturated heterocycles. The molecule has 0 fully saturated rings. The molecule has 79 valence electrons. The molecule has 0 heterocycles. The van der Waals surface area contributed by atoms with Gasteiger partial charge in [0.1, 0.15) is 0 Å².